The SMILES string of the molecule is C#CCNC(=O)c1ccc(N(CCO)C2CC2)nc1. The summed E-state index contributed by atoms with van der Waals surface area (Å²) < 4.78 is 0. The molecule has 100 valence electrons. The molecule has 1 aliphatic carbocycles. The Morgan fingerprint density at radius 3 is 2.89 bits per heavy atom. The molecule has 0 aliphatic heterocycles. The van der Waals surface area contributed by atoms with Crippen LogP contribution in [0.3, 0.4) is 0 Å². The number of rotatable bonds is 6. The van der Waals surface area contributed by atoms with E-state index >= 15 is 0 Å². The van der Waals surface area contributed by atoms with E-state index in [1.54, 1.807) is 12.1 Å². The summed E-state index contributed by atoms with van der Waals surface area (Å²) in [5.74, 6) is 2.92. The van der Waals surface area contributed by atoms with Gasteiger partial charge in [-0.2, -0.15) is 0 Å². The maximum atomic E-state index is 11.7. The molecular formula is C14H17N3O2. The third kappa shape index (κ3) is 3.46. The highest BCUT2D eigenvalue weighted by molar-refractivity contribution is 5.94. The molecule has 1 amide bonds. The van der Waals surface area contributed by atoms with Crippen molar-refractivity contribution in [3.63, 3.8) is 0 Å². The van der Waals surface area contributed by atoms with Gasteiger partial charge < -0.3 is 15.3 Å². The highest BCUT2D eigenvalue weighted by Crippen LogP contribution is 2.30. The van der Waals surface area contributed by atoms with E-state index < -0.39 is 0 Å². The Morgan fingerprint density at radius 2 is 2.37 bits per heavy atom. The van der Waals surface area contributed by atoms with Crippen LogP contribution in [-0.2, 0) is 0 Å². The number of carbonyl (C=O) groups excluding carboxylic acids is 1. The fourth-order valence-corrected chi connectivity index (χ4v) is 1.90. The molecule has 0 atom stereocenters. The lowest BCUT2D eigenvalue weighted by molar-refractivity contribution is 0.0958. The molecule has 1 saturated carbocycles. The molecule has 0 bridgehead atoms. The van der Waals surface area contributed by atoms with E-state index in [1.165, 1.54) is 6.20 Å². The fourth-order valence-electron chi connectivity index (χ4n) is 1.90. The van der Waals surface area contributed by atoms with Crippen LogP contribution in [0.2, 0.25) is 0 Å². The predicted octanol–water partition coefficient (Wildman–Crippen LogP) is 0.406. The van der Waals surface area contributed by atoms with E-state index in [9.17, 15) is 4.79 Å². The summed E-state index contributed by atoms with van der Waals surface area (Å²) in [6.45, 7) is 0.877. The number of nitrogens with zero attached hydrogens (tertiary/aromatic N) is 2. The minimum Gasteiger partial charge on any atom is -0.395 e. The van der Waals surface area contributed by atoms with Crippen molar-refractivity contribution in [3.05, 3.63) is 23.9 Å². The molecule has 1 heterocycles. The van der Waals surface area contributed by atoms with Gasteiger partial charge in [0.05, 0.1) is 18.7 Å². The number of carbonyl (C=O) groups is 1. The van der Waals surface area contributed by atoms with Crippen LogP contribution in [0.5, 0.6) is 0 Å². The number of aliphatic hydroxyl groups is 1. The Kier molecular flexibility index (Phi) is 4.37. The standard InChI is InChI=1S/C14H17N3O2/c1-2-7-15-14(19)11-3-6-13(16-10-11)17(8-9-18)12-4-5-12/h1,3,6,10,12,18H,4-5,7-9H2,(H,15,19). The van der Waals surface area contributed by atoms with Crippen molar-refractivity contribution in [2.75, 3.05) is 24.6 Å². The van der Waals surface area contributed by atoms with Gasteiger partial charge in [-0.05, 0) is 25.0 Å². The van der Waals surface area contributed by atoms with Crippen LogP contribution in [0.25, 0.3) is 0 Å². The maximum Gasteiger partial charge on any atom is 0.253 e. The lowest BCUT2D eigenvalue weighted by Gasteiger charge is -2.22. The first-order valence-electron chi connectivity index (χ1n) is 6.31. The second-order valence-electron chi connectivity index (χ2n) is 4.44. The van der Waals surface area contributed by atoms with Gasteiger partial charge in [-0.15, -0.1) is 6.42 Å². The number of pyridine rings is 1. The van der Waals surface area contributed by atoms with Crippen molar-refractivity contribution in [2.45, 2.75) is 18.9 Å². The largest absolute Gasteiger partial charge is 0.395 e. The van der Waals surface area contributed by atoms with Gasteiger partial charge >= 0.3 is 0 Å². The van der Waals surface area contributed by atoms with Crippen LogP contribution in [0.1, 0.15) is 23.2 Å². The number of aliphatic hydroxyl groups excluding tert-OH is 1. The highest BCUT2D eigenvalue weighted by Gasteiger charge is 2.29. The third-order valence-electron chi connectivity index (χ3n) is 2.98. The topological polar surface area (TPSA) is 65.5 Å². The zero-order valence-corrected chi connectivity index (χ0v) is 10.7. The number of hydrogen-bond acceptors (Lipinski definition) is 4. The van der Waals surface area contributed by atoms with E-state index in [4.69, 9.17) is 11.5 Å². The molecule has 5 heteroatoms. The first-order valence-corrected chi connectivity index (χ1v) is 6.31. The molecule has 0 aromatic carbocycles. The second-order valence-corrected chi connectivity index (χ2v) is 4.44. The average Bonchev–Trinajstić information content (AvgIpc) is 3.27. The molecule has 1 aliphatic rings. The summed E-state index contributed by atoms with van der Waals surface area (Å²) in [6.07, 6.45) is 8.88. The van der Waals surface area contributed by atoms with Crippen LogP contribution in [0.4, 0.5) is 5.82 Å². The Morgan fingerprint density at radius 1 is 1.58 bits per heavy atom. The fraction of sp³-hybridized carbons (Fsp3) is 0.429. The zero-order valence-electron chi connectivity index (χ0n) is 10.7. The van der Waals surface area contributed by atoms with Gasteiger partial charge in [0.25, 0.3) is 5.91 Å². The molecular weight excluding hydrogens is 242 g/mol. The molecule has 5 nitrogen and oxygen atoms in total. The van der Waals surface area contributed by atoms with E-state index in [2.05, 4.69) is 21.1 Å². The number of terminal acetylenes is 1. The second kappa shape index (κ2) is 6.21. The number of anilines is 1. The van der Waals surface area contributed by atoms with Crippen LogP contribution in [0, 0.1) is 12.3 Å². The maximum absolute atomic E-state index is 11.7. The summed E-state index contributed by atoms with van der Waals surface area (Å²) in [7, 11) is 0. The Labute approximate surface area is 112 Å². The number of aromatic nitrogens is 1. The number of amides is 1. The molecule has 0 spiro atoms. The van der Waals surface area contributed by atoms with Crippen molar-refractivity contribution < 1.29 is 9.90 Å². The minimum absolute atomic E-state index is 0.0998. The number of nitrogens with one attached hydrogen (secondary N) is 1. The van der Waals surface area contributed by atoms with Crippen molar-refractivity contribution in [2.24, 2.45) is 0 Å². The molecule has 1 aromatic heterocycles. The molecule has 2 rings (SSSR count). The van der Waals surface area contributed by atoms with Gasteiger partial charge in [-0.25, -0.2) is 4.98 Å². The van der Waals surface area contributed by atoms with Gasteiger partial charge in [0, 0.05) is 18.8 Å². The van der Waals surface area contributed by atoms with Crippen LogP contribution < -0.4 is 10.2 Å². The van der Waals surface area contributed by atoms with Gasteiger partial charge in [0.2, 0.25) is 0 Å². The molecule has 0 saturated heterocycles. The monoisotopic (exact) mass is 259 g/mol. The summed E-state index contributed by atoms with van der Waals surface area (Å²) in [5, 5.41) is 11.7. The van der Waals surface area contributed by atoms with Crippen molar-refractivity contribution >= 4 is 11.7 Å². The van der Waals surface area contributed by atoms with Gasteiger partial charge in [0.15, 0.2) is 0 Å². The third-order valence-corrected chi connectivity index (χ3v) is 2.98. The average molecular weight is 259 g/mol. The van der Waals surface area contributed by atoms with Crippen molar-refractivity contribution in [3.8, 4) is 12.3 Å². The van der Waals surface area contributed by atoms with Gasteiger partial charge in [-0.3, -0.25) is 4.79 Å². The molecule has 2 N–H and O–H groups in total. The summed E-state index contributed by atoms with van der Waals surface area (Å²) in [5.41, 5.74) is 0.485. The van der Waals surface area contributed by atoms with E-state index in [1.807, 2.05) is 0 Å². The number of hydrogen-bond donors (Lipinski definition) is 2. The smallest absolute Gasteiger partial charge is 0.253 e. The first kappa shape index (κ1) is 13.4. The Bertz CT molecular complexity index is 474. The molecule has 0 radical (unpaired) electrons. The molecule has 1 fully saturated rings. The lowest BCUT2D eigenvalue weighted by Crippen LogP contribution is -2.30. The first-order chi connectivity index (χ1) is 9.26. The van der Waals surface area contributed by atoms with E-state index in [-0.39, 0.29) is 19.1 Å². The van der Waals surface area contributed by atoms with Crippen molar-refractivity contribution in [1.29, 1.82) is 0 Å². The van der Waals surface area contributed by atoms with Crippen molar-refractivity contribution in [1.82, 2.24) is 10.3 Å². The molecule has 19 heavy (non-hydrogen) atoms. The predicted molar refractivity (Wildman–Crippen MR) is 72.9 cm³/mol. The summed E-state index contributed by atoms with van der Waals surface area (Å²) in [4.78, 5) is 18.0. The molecule has 1 aromatic rings. The highest BCUT2D eigenvalue weighted by atomic mass is 16.3. The summed E-state index contributed by atoms with van der Waals surface area (Å²) in [6, 6.07) is 4.00. The zero-order chi connectivity index (χ0) is 13.7. The van der Waals surface area contributed by atoms with E-state index in [0.717, 1.165) is 18.7 Å². The van der Waals surface area contributed by atoms with Crippen LogP contribution in [-0.4, -0.2) is 41.7 Å². The van der Waals surface area contributed by atoms with Gasteiger partial charge in [-0.1, -0.05) is 5.92 Å². The van der Waals surface area contributed by atoms with Crippen LogP contribution >= 0.6 is 0 Å². The van der Waals surface area contributed by atoms with Crippen LogP contribution in [0.15, 0.2) is 18.3 Å². The normalized spacial score (nSPS) is 13.7. The molecule has 0 unspecified atom stereocenters. The minimum atomic E-state index is -0.225. The quantitative estimate of drug-likeness (QED) is 0.726. The lowest BCUT2D eigenvalue weighted by atomic mass is 10.2. The van der Waals surface area contributed by atoms with Gasteiger partial charge in [0.1, 0.15) is 5.82 Å². The van der Waals surface area contributed by atoms with E-state index in [0.29, 0.717) is 18.2 Å². The Hall–Kier alpha value is -2.06. The summed E-state index contributed by atoms with van der Waals surface area (Å²) >= 11 is 0. The Balaban J connectivity index is 2.04.